The van der Waals surface area contributed by atoms with Crippen molar-refractivity contribution in [1.29, 1.82) is 0 Å². The third-order valence-electron chi connectivity index (χ3n) is 9.01. The van der Waals surface area contributed by atoms with Gasteiger partial charge in [0.2, 0.25) is 0 Å². The summed E-state index contributed by atoms with van der Waals surface area (Å²) in [7, 11) is 0. The lowest BCUT2D eigenvalue weighted by Crippen LogP contribution is -2.09. The molecule has 0 radical (unpaired) electrons. The van der Waals surface area contributed by atoms with E-state index in [-0.39, 0.29) is 11.6 Å². The standard InChI is InChI=1S/C42H27F2N3/c43-28-14-18-31(19-15-28)46-39-12-6-4-10-35(39)37-26-33(22-24-41(37)46)45(30-8-2-1-3-9-30)34-23-25-42-38(27-34)36-11-5-7-13-40(36)47(42)32-20-16-29(44)17-21-32/h1-27H. The Morgan fingerprint density at radius 3 is 1.21 bits per heavy atom. The van der Waals surface area contributed by atoms with Gasteiger partial charge in [0.25, 0.3) is 0 Å². The molecular weight excluding hydrogens is 584 g/mol. The summed E-state index contributed by atoms with van der Waals surface area (Å²) < 4.78 is 32.1. The maximum absolute atomic E-state index is 13.9. The second kappa shape index (κ2) is 10.7. The normalized spacial score (nSPS) is 11.6. The number of rotatable bonds is 5. The van der Waals surface area contributed by atoms with E-state index in [2.05, 4.69) is 111 Å². The fourth-order valence-electron chi connectivity index (χ4n) is 6.96. The van der Waals surface area contributed by atoms with Crippen molar-refractivity contribution in [3.05, 3.63) is 175 Å². The van der Waals surface area contributed by atoms with Gasteiger partial charge in [0, 0.05) is 50.0 Å². The molecule has 0 bridgehead atoms. The SMILES string of the molecule is Fc1ccc(-n2c3ccccc3c3cc(N(c4ccccc4)c4ccc5c(c4)c4ccccc4n5-c4ccc(F)cc4)ccc32)cc1. The molecule has 2 aromatic heterocycles. The van der Waals surface area contributed by atoms with Gasteiger partial charge in [-0.2, -0.15) is 0 Å². The van der Waals surface area contributed by atoms with Crippen molar-refractivity contribution >= 4 is 60.7 Å². The zero-order valence-electron chi connectivity index (χ0n) is 25.2. The number of fused-ring (bicyclic) bond motifs is 6. The summed E-state index contributed by atoms with van der Waals surface area (Å²) >= 11 is 0. The minimum absolute atomic E-state index is 0.256. The highest BCUT2D eigenvalue weighted by Gasteiger charge is 2.19. The van der Waals surface area contributed by atoms with Gasteiger partial charge in [0.15, 0.2) is 0 Å². The Balaban J connectivity index is 1.27. The van der Waals surface area contributed by atoms with Gasteiger partial charge in [-0.05, 0) is 109 Å². The van der Waals surface area contributed by atoms with Crippen LogP contribution in [0, 0.1) is 11.6 Å². The van der Waals surface area contributed by atoms with Gasteiger partial charge in [-0.1, -0.05) is 54.6 Å². The topological polar surface area (TPSA) is 13.1 Å². The number of hydrogen-bond donors (Lipinski definition) is 0. The molecule has 7 aromatic carbocycles. The van der Waals surface area contributed by atoms with E-state index in [1.54, 1.807) is 0 Å². The van der Waals surface area contributed by atoms with Gasteiger partial charge in [0.05, 0.1) is 22.1 Å². The van der Waals surface area contributed by atoms with Crippen LogP contribution in [0.3, 0.4) is 0 Å². The summed E-state index contributed by atoms with van der Waals surface area (Å²) in [5, 5.41) is 4.47. The van der Waals surface area contributed by atoms with Crippen molar-refractivity contribution in [3.8, 4) is 11.4 Å². The van der Waals surface area contributed by atoms with Crippen LogP contribution in [0.2, 0.25) is 0 Å². The number of hydrogen-bond acceptors (Lipinski definition) is 1. The lowest BCUT2D eigenvalue weighted by molar-refractivity contribution is 0.627. The van der Waals surface area contributed by atoms with E-state index >= 15 is 0 Å². The second-order valence-electron chi connectivity index (χ2n) is 11.7. The van der Waals surface area contributed by atoms with Gasteiger partial charge < -0.3 is 14.0 Å². The van der Waals surface area contributed by atoms with Gasteiger partial charge in [-0.3, -0.25) is 0 Å². The number of anilines is 3. The van der Waals surface area contributed by atoms with Crippen molar-refractivity contribution in [2.45, 2.75) is 0 Å². The first-order chi connectivity index (χ1) is 23.1. The van der Waals surface area contributed by atoms with Crippen molar-refractivity contribution in [2.24, 2.45) is 0 Å². The third-order valence-corrected chi connectivity index (χ3v) is 9.01. The van der Waals surface area contributed by atoms with Gasteiger partial charge in [-0.25, -0.2) is 8.78 Å². The van der Waals surface area contributed by atoms with Crippen LogP contribution < -0.4 is 4.90 Å². The molecule has 5 heteroatoms. The average Bonchev–Trinajstić information content (AvgIpc) is 3.62. The Bertz CT molecular complexity index is 2420. The minimum Gasteiger partial charge on any atom is -0.310 e. The zero-order chi connectivity index (χ0) is 31.5. The van der Waals surface area contributed by atoms with E-state index in [1.807, 2.05) is 42.5 Å². The summed E-state index contributed by atoms with van der Waals surface area (Å²) in [6.07, 6.45) is 0. The summed E-state index contributed by atoms with van der Waals surface area (Å²) in [6.45, 7) is 0. The molecule has 0 aliphatic carbocycles. The van der Waals surface area contributed by atoms with E-state index in [9.17, 15) is 8.78 Å². The minimum atomic E-state index is -0.256. The van der Waals surface area contributed by atoms with E-state index in [0.717, 1.165) is 72.0 Å². The number of benzene rings is 7. The largest absolute Gasteiger partial charge is 0.310 e. The number of nitrogens with zero attached hydrogens (tertiary/aromatic N) is 3. The molecule has 0 amide bonds. The molecule has 47 heavy (non-hydrogen) atoms. The fourth-order valence-corrected chi connectivity index (χ4v) is 6.96. The predicted molar refractivity (Wildman–Crippen MR) is 190 cm³/mol. The molecule has 0 spiro atoms. The fraction of sp³-hybridized carbons (Fsp3) is 0. The van der Waals surface area contributed by atoms with Gasteiger partial charge >= 0.3 is 0 Å². The highest BCUT2D eigenvalue weighted by Crippen LogP contribution is 2.42. The Kier molecular flexibility index (Phi) is 6.18. The molecule has 0 atom stereocenters. The lowest BCUT2D eigenvalue weighted by atomic mass is 10.1. The monoisotopic (exact) mass is 611 g/mol. The first-order valence-electron chi connectivity index (χ1n) is 15.6. The molecule has 9 rings (SSSR count). The first kappa shape index (κ1) is 27.1. The van der Waals surface area contributed by atoms with Crippen LogP contribution in [0.25, 0.3) is 55.0 Å². The number of halogens is 2. The summed E-state index contributed by atoms with van der Waals surface area (Å²) in [5.41, 5.74) is 9.12. The molecule has 0 saturated carbocycles. The van der Waals surface area contributed by atoms with Crippen LogP contribution in [0.4, 0.5) is 25.8 Å². The van der Waals surface area contributed by atoms with Crippen LogP contribution in [0.1, 0.15) is 0 Å². The molecule has 224 valence electrons. The van der Waals surface area contributed by atoms with E-state index in [4.69, 9.17) is 0 Å². The van der Waals surface area contributed by atoms with E-state index in [0.29, 0.717) is 0 Å². The molecule has 0 N–H and O–H groups in total. The molecule has 0 saturated heterocycles. The molecular formula is C42H27F2N3. The molecule has 0 aliphatic heterocycles. The molecule has 3 nitrogen and oxygen atoms in total. The van der Waals surface area contributed by atoms with Crippen LogP contribution in [0.5, 0.6) is 0 Å². The third kappa shape index (κ3) is 4.39. The molecule has 0 unspecified atom stereocenters. The van der Waals surface area contributed by atoms with Crippen molar-refractivity contribution in [2.75, 3.05) is 4.90 Å². The van der Waals surface area contributed by atoms with Crippen molar-refractivity contribution in [1.82, 2.24) is 9.13 Å². The average molecular weight is 612 g/mol. The Hall–Kier alpha value is -6.20. The molecule has 9 aromatic rings. The number of aromatic nitrogens is 2. The van der Waals surface area contributed by atoms with Crippen LogP contribution in [-0.4, -0.2) is 9.13 Å². The van der Waals surface area contributed by atoms with Crippen LogP contribution in [0.15, 0.2) is 164 Å². The zero-order valence-corrected chi connectivity index (χ0v) is 25.2. The van der Waals surface area contributed by atoms with Crippen molar-refractivity contribution < 1.29 is 8.78 Å². The highest BCUT2D eigenvalue weighted by atomic mass is 19.1. The maximum atomic E-state index is 13.9. The summed E-state index contributed by atoms with van der Waals surface area (Å²) in [6, 6.07) is 53.5. The summed E-state index contributed by atoms with van der Waals surface area (Å²) in [5.74, 6) is -0.513. The van der Waals surface area contributed by atoms with Crippen molar-refractivity contribution in [3.63, 3.8) is 0 Å². The lowest BCUT2D eigenvalue weighted by Gasteiger charge is -2.26. The number of para-hydroxylation sites is 3. The molecule has 2 heterocycles. The Morgan fingerprint density at radius 2 is 0.745 bits per heavy atom. The van der Waals surface area contributed by atoms with E-state index in [1.165, 1.54) is 24.3 Å². The quantitative estimate of drug-likeness (QED) is 0.189. The van der Waals surface area contributed by atoms with Crippen LogP contribution >= 0.6 is 0 Å². The van der Waals surface area contributed by atoms with Crippen LogP contribution in [-0.2, 0) is 0 Å². The van der Waals surface area contributed by atoms with E-state index < -0.39 is 0 Å². The second-order valence-corrected chi connectivity index (χ2v) is 11.7. The van der Waals surface area contributed by atoms with Gasteiger partial charge in [-0.15, -0.1) is 0 Å². The highest BCUT2D eigenvalue weighted by molar-refractivity contribution is 6.12. The van der Waals surface area contributed by atoms with Gasteiger partial charge in [0.1, 0.15) is 11.6 Å². The Morgan fingerprint density at radius 1 is 0.340 bits per heavy atom. The molecule has 0 fully saturated rings. The molecule has 0 aliphatic rings. The smallest absolute Gasteiger partial charge is 0.123 e. The first-order valence-corrected chi connectivity index (χ1v) is 15.6. The predicted octanol–water partition coefficient (Wildman–Crippen LogP) is 11.6. The Labute approximate surface area is 269 Å². The maximum Gasteiger partial charge on any atom is 0.123 e. The summed E-state index contributed by atoms with van der Waals surface area (Å²) in [4.78, 5) is 2.28.